The van der Waals surface area contributed by atoms with Crippen molar-refractivity contribution >= 4 is 5.97 Å². The van der Waals surface area contributed by atoms with Crippen LogP contribution in [0, 0.1) is 11.7 Å². The molecule has 1 aromatic carbocycles. The molecule has 5 heteroatoms. The van der Waals surface area contributed by atoms with E-state index in [1.54, 1.807) is 13.0 Å². The molecule has 1 atom stereocenters. The van der Waals surface area contributed by atoms with Crippen molar-refractivity contribution in [3.05, 3.63) is 23.5 Å². The molecule has 0 amide bonds. The number of fused-ring (bicyclic) bond motifs is 1. The molecule has 1 heterocycles. The predicted octanol–water partition coefficient (Wildman–Crippen LogP) is 1.86. The highest BCUT2D eigenvalue weighted by atomic mass is 19.1. The highest BCUT2D eigenvalue weighted by Crippen LogP contribution is 2.37. The Morgan fingerprint density at radius 1 is 1.41 bits per heavy atom. The quantitative estimate of drug-likeness (QED) is 0.876. The van der Waals surface area contributed by atoms with Crippen molar-refractivity contribution in [3.8, 4) is 11.5 Å². The third-order valence-corrected chi connectivity index (χ3v) is 2.67. The summed E-state index contributed by atoms with van der Waals surface area (Å²) in [5, 5.41) is 8.86. The molecule has 0 aliphatic carbocycles. The molecule has 2 rings (SSSR count). The SMILES string of the molecule is CC(Cc1ccc(F)c2c1OCCO2)C(=O)O. The van der Waals surface area contributed by atoms with Crippen molar-refractivity contribution < 1.29 is 23.8 Å². The van der Waals surface area contributed by atoms with E-state index in [1.165, 1.54) is 6.07 Å². The van der Waals surface area contributed by atoms with Crippen molar-refractivity contribution in [1.82, 2.24) is 0 Å². The van der Waals surface area contributed by atoms with Gasteiger partial charge in [-0.1, -0.05) is 13.0 Å². The monoisotopic (exact) mass is 240 g/mol. The average Bonchev–Trinajstić information content (AvgIpc) is 2.33. The molecule has 1 N–H and O–H groups in total. The van der Waals surface area contributed by atoms with Gasteiger partial charge in [-0.05, 0) is 18.1 Å². The van der Waals surface area contributed by atoms with Crippen molar-refractivity contribution in [1.29, 1.82) is 0 Å². The Kier molecular flexibility index (Phi) is 3.17. The summed E-state index contributed by atoms with van der Waals surface area (Å²) < 4.78 is 24.0. The molecular weight excluding hydrogens is 227 g/mol. The van der Waals surface area contributed by atoms with E-state index in [-0.39, 0.29) is 5.75 Å². The van der Waals surface area contributed by atoms with Crippen LogP contribution in [0.4, 0.5) is 4.39 Å². The second kappa shape index (κ2) is 4.61. The number of ether oxygens (including phenoxy) is 2. The van der Waals surface area contributed by atoms with Crippen molar-refractivity contribution in [3.63, 3.8) is 0 Å². The van der Waals surface area contributed by atoms with E-state index in [1.807, 2.05) is 0 Å². The summed E-state index contributed by atoms with van der Waals surface area (Å²) in [4.78, 5) is 10.8. The summed E-state index contributed by atoms with van der Waals surface area (Å²) in [6.45, 7) is 2.26. The molecule has 0 fully saturated rings. The van der Waals surface area contributed by atoms with Crippen LogP contribution in [0.3, 0.4) is 0 Å². The molecule has 17 heavy (non-hydrogen) atoms. The van der Waals surface area contributed by atoms with Crippen LogP contribution in [0.5, 0.6) is 11.5 Å². The van der Waals surface area contributed by atoms with Crippen LogP contribution in [0.1, 0.15) is 12.5 Å². The minimum Gasteiger partial charge on any atom is -0.486 e. The Labute approximate surface area is 98.0 Å². The first kappa shape index (κ1) is 11.7. The molecule has 0 aromatic heterocycles. The number of carbonyl (C=O) groups is 1. The highest BCUT2D eigenvalue weighted by Gasteiger charge is 2.22. The van der Waals surface area contributed by atoms with Crippen molar-refractivity contribution in [2.45, 2.75) is 13.3 Å². The van der Waals surface area contributed by atoms with E-state index in [9.17, 15) is 9.18 Å². The van der Waals surface area contributed by atoms with Crippen LogP contribution in [-0.4, -0.2) is 24.3 Å². The van der Waals surface area contributed by atoms with Crippen LogP contribution in [0.25, 0.3) is 0 Å². The first-order valence-electron chi connectivity index (χ1n) is 5.39. The fourth-order valence-corrected chi connectivity index (χ4v) is 1.74. The Bertz CT molecular complexity index is 444. The smallest absolute Gasteiger partial charge is 0.306 e. The lowest BCUT2D eigenvalue weighted by Gasteiger charge is -2.22. The minimum absolute atomic E-state index is 0.0892. The van der Waals surface area contributed by atoms with E-state index in [4.69, 9.17) is 14.6 Å². The largest absolute Gasteiger partial charge is 0.486 e. The van der Waals surface area contributed by atoms with Gasteiger partial charge in [0.2, 0.25) is 0 Å². The van der Waals surface area contributed by atoms with E-state index >= 15 is 0 Å². The topological polar surface area (TPSA) is 55.8 Å². The van der Waals surface area contributed by atoms with Crippen molar-refractivity contribution in [2.75, 3.05) is 13.2 Å². The van der Waals surface area contributed by atoms with Gasteiger partial charge in [0.25, 0.3) is 0 Å². The van der Waals surface area contributed by atoms with Gasteiger partial charge in [-0.3, -0.25) is 4.79 Å². The third kappa shape index (κ3) is 2.33. The Morgan fingerprint density at radius 3 is 2.71 bits per heavy atom. The van der Waals surface area contributed by atoms with Gasteiger partial charge in [-0.25, -0.2) is 4.39 Å². The second-order valence-corrected chi connectivity index (χ2v) is 4.01. The fraction of sp³-hybridized carbons (Fsp3) is 0.417. The van der Waals surface area contributed by atoms with Crippen LogP contribution in [-0.2, 0) is 11.2 Å². The minimum atomic E-state index is -0.889. The maximum absolute atomic E-state index is 13.4. The number of hydrogen-bond donors (Lipinski definition) is 1. The lowest BCUT2D eigenvalue weighted by Crippen LogP contribution is -2.19. The first-order valence-corrected chi connectivity index (χ1v) is 5.39. The summed E-state index contributed by atoms with van der Waals surface area (Å²) in [6, 6.07) is 2.82. The standard InChI is InChI=1S/C12H13FO4/c1-7(12(14)15)6-8-2-3-9(13)11-10(8)16-4-5-17-11/h2-3,7H,4-6H2,1H3,(H,14,15). The zero-order chi connectivity index (χ0) is 12.4. The molecule has 4 nitrogen and oxygen atoms in total. The molecular formula is C12H13FO4. The fourth-order valence-electron chi connectivity index (χ4n) is 1.74. The molecule has 92 valence electrons. The van der Waals surface area contributed by atoms with E-state index in [0.29, 0.717) is 30.9 Å². The van der Waals surface area contributed by atoms with E-state index in [0.717, 1.165) is 0 Å². The molecule has 0 spiro atoms. The molecule has 1 aliphatic rings. The average molecular weight is 240 g/mol. The summed E-state index contributed by atoms with van der Waals surface area (Å²) in [6.07, 6.45) is 0.293. The number of carboxylic acids is 1. The summed E-state index contributed by atoms with van der Waals surface area (Å²) >= 11 is 0. The summed E-state index contributed by atoms with van der Waals surface area (Å²) in [5.41, 5.74) is 0.663. The molecule has 1 unspecified atom stereocenters. The third-order valence-electron chi connectivity index (χ3n) is 2.67. The Hall–Kier alpha value is -1.78. The number of halogens is 1. The molecule has 0 saturated carbocycles. The lowest BCUT2D eigenvalue weighted by atomic mass is 10.00. The highest BCUT2D eigenvalue weighted by molar-refractivity contribution is 5.70. The van der Waals surface area contributed by atoms with Gasteiger partial charge in [0.05, 0.1) is 5.92 Å². The van der Waals surface area contributed by atoms with Gasteiger partial charge in [-0.2, -0.15) is 0 Å². The number of hydrogen-bond acceptors (Lipinski definition) is 3. The molecule has 0 radical (unpaired) electrons. The van der Waals surface area contributed by atoms with Gasteiger partial charge in [0.1, 0.15) is 13.2 Å². The van der Waals surface area contributed by atoms with Crippen LogP contribution in [0.2, 0.25) is 0 Å². The van der Waals surface area contributed by atoms with Crippen LogP contribution >= 0.6 is 0 Å². The van der Waals surface area contributed by atoms with E-state index < -0.39 is 17.7 Å². The number of carboxylic acid groups (broad SMARTS) is 1. The Morgan fingerprint density at radius 2 is 2.06 bits per heavy atom. The second-order valence-electron chi connectivity index (χ2n) is 4.01. The molecule has 1 aliphatic heterocycles. The van der Waals surface area contributed by atoms with Gasteiger partial charge in [-0.15, -0.1) is 0 Å². The Balaban J connectivity index is 2.32. The lowest BCUT2D eigenvalue weighted by molar-refractivity contribution is -0.141. The van der Waals surface area contributed by atoms with Crippen LogP contribution < -0.4 is 9.47 Å². The van der Waals surface area contributed by atoms with Crippen molar-refractivity contribution in [2.24, 2.45) is 5.92 Å². The zero-order valence-electron chi connectivity index (χ0n) is 9.40. The zero-order valence-corrected chi connectivity index (χ0v) is 9.40. The normalized spacial score (nSPS) is 15.4. The molecule has 1 aromatic rings. The maximum atomic E-state index is 13.4. The number of aliphatic carboxylic acids is 1. The number of rotatable bonds is 3. The van der Waals surface area contributed by atoms with Gasteiger partial charge in [0, 0.05) is 0 Å². The van der Waals surface area contributed by atoms with Crippen LogP contribution in [0.15, 0.2) is 12.1 Å². The van der Waals surface area contributed by atoms with Gasteiger partial charge in [0.15, 0.2) is 17.3 Å². The number of benzene rings is 1. The summed E-state index contributed by atoms with van der Waals surface area (Å²) in [7, 11) is 0. The predicted molar refractivity (Wildman–Crippen MR) is 57.9 cm³/mol. The molecule has 0 saturated heterocycles. The van der Waals surface area contributed by atoms with E-state index in [2.05, 4.69) is 0 Å². The van der Waals surface area contributed by atoms with Gasteiger partial charge < -0.3 is 14.6 Å². The molecule has 0 bridgehead atoms. The maximum Gasteiger partial charge on any atom is 0.306 e. The first-order chi connectivity index (χ1) is 8.09. The van der Waals surface area contributed by atoms with Gasteiger partial charge >= 0.3 is 5.97 Å². The summed E-state index contributed by atoms with van der Waals surface area (Å²) in [5.74, 6) is -1.49.